The minimum absolute atomic E-state index is 0.889. The molecule has 1 fully saturated rings. The molecule has 0 unspecified atom stereocenters. The van der Waals surface area contributed by atoms with Gasteiger partial charge in [0.15, 0.2) is 0 Å². The fourth-order valence-corrected chi connectivity index (χ4v) is 2.43. The monoisotopic (exact) mass is 247 g/mol. The number of aromatic nitrogens is 1. The molecular formula is C15H25N3. The molecule has 100 valence electrons. The van der Waals surface area contributed by atoms with Crippen LogP contribution < -0.4 is 5.32 Å². The summed E-state index contributed by atoms with van der Waals surface area (Å²) in [5, 5.41) is 3.47. The van der Waals surface area contributed by atoms with E-state index in [2.05, 4.69) is 34.3 Å². The maximum absolute atomic E-state index is 4.39. The second-order valence-electron chi connectivity index (χ2n) is 5.26. The van der Waals surface area contributed by atoms with Gasteiger partial charge in [-0.25, -0.2) is 0 Å². The summed E-state index contributed by atoms with van der Waals surface area (Å²) in [6, 6.07) is 4.23. The van der Waals surface area contributed by atoms with E-state index in [1.54, 1.807) is 0 Å². The van der Waals surface area contributed by atoms with Crippen LogP contribution in [0.15, 0.2) is 18.3 Å². The number of piperidine rings is 1. The zero-order valence-electron chi connectivity index (χ0n) is 11.5. The van der Waals surface area contributed by atoms with Crippen LogP contribution in [-0.4, -0.2) is 36.1 Å². The van der Waals surface area contributed by atoms with Crippen molar-refractivity contribution >= 4 is 0 Å². The number of pyridine rings is 1. The van der Waals surface area contributed by atoms with Crippen LogP contribution in [-0.2, 0) is 6.54 Å². The van der Waals surface area contributed by atoms with Gasteiger partial charge in [0.05, 0.1) is 5.69 Å². The highest BCUT2D eigenvalue weighted by Gasteiger charge is 2.08. The lowest BCUT2D eigenvalue weighted by Crippen LogP contribution is -2.32. The molecule has 0 radical (unpaired) electrons. The van der Waals surface area contributed by atoms with Gasteiger partial charge < -0.3 is 10.2 Å². The van der Waals surface area contributed by atoms with Crippen LogP contribution in [0.25, 0.3) is 0 Å². The molecule has 0 saturated carbocycles. The normalized spacial score (nSPS) is 16.9. The summed E-state index contributed by atoms with van der Waals surface area (Å²) < 4.78 is 0. The number of nitrogens with one attached hydrogen (secondary N) is 1. The van der Waals surface area contributed by atoms with E-state index in [0.29, 0.717) is 0 Å². The standard InChI is InChI=1S/C15H25N3/c1-14-6-7-15(17-12-14)13-16-8-5-11-18-9-3-2-4-10-18/h6-7,12,16H,2-5,8-11,13H2,1H3. The van der Waals surface area contributed by atoms with Crippen LogP contribution in [0.5, 0.6) is 0 Å². The third-order valence-corrected chi connectivity index (χ3v) is 3.56. The van der Waals surface area contributed by atoms with Crippen LogP contribution in [0.4, 0.5) is 0 Å². The van der Waals surface area contributed by atoms with E-state index in [-0.39, 0.29) is 0 Å². The summed E-state index contributed by atoms with van der Waals surface area (Å²) in [7, 11) is 0. The summed E-state index contributed by atoms with van der Waals surface area (Å²) in [5.74, 6) is 0. The van der Waals surface area contributed by atoms with Crippen molar-refractivity contribution in [3.63, 3.8) is 0 Å². The zero-order valence-corrected chi connectivity index (χ0v) is 11.5. The molecule has 0 spiro atoms. The molecule has 1 saturated heterocycles. The third kappa shape index (κ3) is 4.75. The van der Waals surface area contributed by atoms with Gasteiger partial charge in [-0.1, -0.05) is 12.5 Å². The Morgan fingerprint density at radius 2 is 2.06 bits per heavy atom. The molecule has 1 N–H and O–H groups in total. The number of hydrogen-bond donors (Lipinski definition) is 1. The first-order chi connectivity index (χ1) is 8.84. The van der Waals surface area contributed by atoms with E-state index >= 15 is 0 Å². The van der Waals surface area contributed by atoms with E-state index in [9.17, 15) is 0 Å². The van der Waals surface area contributed by atoms with Gasteiger partial charge in [0, 0.05) is 12.7 Å². The Morgan fingerprint density at radius 3 is 2.78 bits per heavy atom. The van der Waals surface area contributed by atoms with E-state index in [1.165, 1.54) is 50.9 Å². The topological polar surface area (TPSA) is 28.2 Å². The van der Waals surface area contributed by atoms with Gasteiger partial charge in [-0.3, -0.25) is 4.98 Å². The highest BCUT2D eigenvalue weighted by atomic mass is 15.1. The molecule has 0 amide bonds. The Labute approximate surface area is 111 Å². The van der Waals surface area contributed by atoms with Gasteiger partial charge in [0.2, 0.25) is 0 Å². The third-order valence-electron chi connectivity index (χ3n) is 3.56. The van der Waals surface area contributed by atoms with Crippen LogP contribution in [0.2, 0.25) is 0 Å². The zero-order chi connectivity index (χ0) is 12.6. The Hall–Kier alpha value is -0.930. The van der Waals surface area contributed by atoms with Crippen LogP contribution in [0.1, 0.15) is 36.9 Å². The molecule has 2 rings (SSSR count). The van der Waals surface area contributed by atoms with Gasteiger partial charge in [-0.15, -0.1) is 0 Å². The van der Waals surface area contributed by atoms with E-state index in [1.807, 2.05) is 6.20 Å². The molecule has 1 aromatic heterocycles. The fraction of sp³-hybridized carbons (Fsp3) is 0.667. The van der Waals surface area contributed by atoms with E-state index < -0.39 is 0 Å². The summed E-state index contributed by atoms with van der Waals surface area (Å²) in [6.45, 7) is 7.91. The summed E-state index contributed by atoms with van der Waals surface area (Å²) in [5.41, 5.74) is 2.36. The van der Waals surface area contributed by atoms with E-state index in [4.69, 9.17) is 0 Å². The second kappa shape index (κ2) is 7.49. The summed E-state index contributed by atoms with van der Waals surface area (Å²) in [6.07, 6.45) is 7.38. The van der Waals surface area contributed by atoms with Crippen molar-refractivity contribution in [2.24, 2.45) is 0 Å². The van der Waals surface area contributed by atoms with Crippen molar-refractivity contribution in [2.45, 2.75) is 39.2 Å². The molecule has 0 aromatic carbocycles. The van der Waals surface area contributed by atoms with Crippen LogP contribution in [0, 0.1) is 6.92 Å². The molecule has 2 heterocycles. The average molecular weight is 247 g/mol. The largest absolute Gasteiger partial charge is 0.311 e. The molecule has 0 aliphatic carbocycles. The molecule has 1 aliphatic heterocycles. The molecule has 0 atom stereocenters. The van der Waals surface area contributed by atoms with Crippen LogP contribution in [0.3, 0.4) is 0 Å². The van der Waals surface area contributed by atoms with Crippen molar-refractivity contribution in [1.29, 1.82) is 0 Å². The van der Waals surface area contributed by atoms with Gasteiger partial charge >= 0.3 is 0 Å². The first kappa shape index (κ1) is 13.5. The van der Waals surface area contributed by atoms with Crippen LogP contribution >= 0.6 is 0 Å². The maximum atomic E-state index is 4.39. The smallest absolute Gasteiger partial charge is 0.0541 e. The number of rotatable bonds is 6. The highest BCUT2D eigenvalue weighted by molar-refractivity contribution is 5.11. The van der Waals surface area contributed by atoms with Crippen molar-refractivity contribution in [3.8, 4) is 0 Å². The fourth-order valence-electron chi connectivity index (χ4n) is 2.43. The Balaban J connectivity index is 1.54. The predicted molar refractivity (Wildman–Crippen MR) is 75.6 cm³/mol. The first-order valence-electron chi connectivity index (χ1n) is 7.19. The number of nitrogens with zero attached hydrogens (tertiary/aromatic N) is 2. The van der Waals surface area contributed by atoms with Crippen molar-refractivity contribution in [3.05, 3.63) is 29.6 Å². The number of aryl methyl sites for hydroxylation is 1. The quantitative estimate of drug-likeness (QED) is 0.782. The summed E-state index contributed by atoms with van der Waals surface area (Å²) >= 11 is 0. The molecule has 3 nitrogen and oxygen atoms in total. The molecule has 0 bridgehead atoms. The van der Waals surface area contributed by atoms with E-state index in [0.717, 1.165) is 18.8 Å². The molecule has 3 heteroatoms. The SMILES string of the molecule is Cc1ccc(CNCCCN2CCCCC2)nc1. The number of hydrogen-bond acceptors (Lipinski definition) is 3. The van der Waals surface area contributed by atoms with Gasteiger partial charge in [-0.05, 0) is 64.0 Å². The lowest BCUT2D eigenvalue weighted by atomic mass is 10.1. The Morgan fingerprint density at radius 1 is 1.22 bits per heavy atom. The lowest BCUT2D eigenvalue weighted by molar-refractivity contribution is 0.225. The van der Waals surface area contributed by atoms with Crippen molar-refractivity contribution < 1.29 is 0 Å². The number of likely N-dealkylation sites (tertiary alicyclic amines) is 1. The molecule has 1 aliphatic rings. The minimum atomic E-state index is 0.889. The Bertz CT molecular complexity index is 328. The molecule has 18 heavy (non-hydrogen) atoms. The first-order valence-corrected chi connectivity index (χ1v) is 7.19. The van der Waals surface area contributed by atoms with Gasteiger partial charge in [0.1, 0.15) is 0 Å². The Kier molecular flexibility index (Phi) is 5.62. The van der Waals surface area contributed by atoms with Crippen molar-refractivity contribution in [1.82, 2.24) is 15.2 Å². The summed E-state index contributed by atoms with van der Waals surface area (Å²) in [4.78, 5) is 6.99. The van der Waals surface area contributed by atoms with Crippen molar-refractivity contribution in [2.75, 3.05) is 26.2 Å². The van der Waals surface area contributed by atoms with Gasteiger partial charge in [-0.2, -0.15) is 0 Å². The maximum Gasteiger partial charge on any atom is 0.0541 e. The van der Waals surface area contributed by atoms with Gasteiger partial charge in [0.25, 0.3) is 0 Å². The molecule has 1 aromatic rings. The average Bonchev–Trinajstić information content (AvgIpc) is 2.42. The predicted octanol–water partition coefficient (Wildman–Crippen LogP) is 2.36. The highest BCUT2D eigenvalue weighted by Crippen LogP contribution is 2.08. The second-order valence-corrected chi connectivity index (χ2v) is 5.26. The lowest BCUT2D eigenvalue weighted by Gasteiger charge is -2.26. The molecular weight excluding hydrogens is 222 g/mol. The minimum Gasteiger partial charge on any atom is -0.311 e.